The van der Waals surface area contributed by atoms with Gasteiger partial charge in [0, 0.05) is 12.2 Å². The van der Waals surface area contributed by atoms with Gasteiger partial charge >= 0.3 is 11.8 Å². The molecular weight excluding hydrogens is 269 g/mol. The molecule has 0 heterocycles. The van der Waals surface area contributed by atoms with E-state index < -0.39 is 17.6 Å². The molecule has 1 aromatic rings. The highest BCUT2D eigenvalue weighted by Crippen LogP contribution is 2.15. The summed E-state index contributed by atoms with van der Waals surface area (Å²) in [5, 5.41) is 2.29. The SMILES string of the molecule is CCN(C(=O)C(=O)NCC(N)=S)c1cccc(F)c1. The lowest BCUT2D eigenvalue weighted by Gasteiger charge is -2.20. The Morgan fingerprint density at radius 1 is 1.47 bits per heavy atom. The van der Waals surface area contributed by atoms with Gasteiger partial charge in [-0.05, 0) is 25.1 Å². The van der Waals surface area contributed by atoms with E-state index in [4.69, 9.17) is 5.73 Å². The van der Waals surface area contributed by atoms with E-state index in [1.165, 1.54) is 18.2 Å². The summed E-state index contributed by atoms with van der Waals surface area (Å²) in [7, 11) is 0. The molecule has 0 aliphatic heterocycles. The molecule has 102 valence electrons. The lowest BCUT2D eigenvalue weighted by molar-refractivity contribution is -0.137. The first-order valence-corrected chi connectivity index (χ1v) is 6.00. The molecule has 0 saturated carbocycles. The number of likely N-dealkylation sites (N-methyl/N-ethyl adjacent to an activating group) is 1. The number of halogens is 1. The van der Waals surface area contributed by atoms with Crippen LogP contribution in [-0.4, -0.2) is 29.9 Å². The minimum Gasteiger partial charge on any atom is -0.392 e. The maximum Gasteiger partial charge on any atom is 0.316 e. The average Bonchev–Trinajstić information content (AvgIpc) is 2.36. The maximum absolute atomic E-state index is 13.1. The monoisotopic (exact) mass is 283 g/mol. The van der Waals surface area contributed by atoms with Crippen LogP contribution in [0.15, 0.2) is 24.3 Å². The van der Waals surface area contributed by atoms with Crippen LogP contribution in [0.4, 0.5) is 10.1 Å². The predicted octanol–water partition coefficient (Wildman–Crippen LogP) is 0.581. The molecule has 19 heavy (non-hydrogen) atoms. The number of amides is 2. The number of benzene rings is 1. The summed E-state index contributed by atoms with van der Waals surface area (Å²) in [6.07, 6.45) is 0. The highest BCUT2D eigenvalue weighted by molar-refractivity contribution is 7.80. The lowest BCUT2D eigenvalue weighted by Crippen LogP contribution is -2.45. The summed E-state index contributed by atoms with van der Waals surface area (Å²) in [6.45, 7) is 1.87. The van der Waals surface area contributed by atoms with E-state index in [1.54, 1.807) is 13.0 Å². The average molecular weight is 283 g/mol. The van der Waals surface area contributed by atoms with Gasteiger partial charge in [0.2, 0.25) is 0 Å². The molecule has 7 heteroatoms. The maximum atomic E-state index is 13.1. The molecule has 0 atom stereocenters. The Hall–Kier alpha value is -2.02. The van der Waals surface area contributed by atoms with Gasteiger partial charge in [-0.3, -0.25) is 9.59 Å². The normalized spacial score (nSPS) is 9.79. The van der Waals surface area contributed by atoms with Gasteiger partial charge in [-0.2, -0.15) is 0 Å². The summed E-state index contributed by atoms with van der Waals surface area (Å²) >= 11 is 4.59. The van der Waals surface area contributed by atoms with Crippen LogP contribution in [-0.2, 0) is 9.59 Å². The van der Waals surface area contributed by atoms with Crippen molar-refractivity contribution in [1.82, 2.24) is 5.32 Å². The van der Waals surface area contributed by atoms with Crippen molar-refractivity contribution in [1.29, 1.82) is 0 Å². The van der Waals surface area contributed by atoms with Gasteiger partial charge in [-0.25, -0.2) is 4.39 Å². The van der Waals surface area contributed by atoms with Crippen LogP contribution in [0.2, 0.25) is 0 Å². The molecule has 0 aromatic heterocycles. The van der Waals surface area contributed by atoms with Gasteiger partial charge in [0.1, 0.15) is 5.82 Å². The molecule has 0 fully saturated rings. The predicted molar refractivity (Wildman–Crippen MR) is 74.2 cm³/mol. The van der Waals surface area contributed by atoms with E-state index in [2.05, 4.69) is 17.5 Å². The first-order chi connectivity index (χ1) is 8.95. The third kappa shape index (κ3) is 4.29. The summed E-state index contributed by atoms with van der Waals surface area (Å²) < 4.78 is 13.1. The number of thiocarbonyl (C=S) groups is 1. The number of nitrogens with two attached hydrogens (primary N) is 1. The van der Waals surface area contributed by atoms with Gasteiger partial charge < -0.3 is 16.0 Å². The van der Waals surface area contributed by atoms with Crippen molar-refractivity contribution in [2.75, 3.05) is 18.0 Å². The van der Waals surface area contributed by atoms with Gasteiger partial charge in [0.25, 0.3) is 0 Å². The first-order valence-electron chi connectivity index (χ1n) is 5.59. The molecule has 0 bridgehead atoms. The number of nitrogens with one attached hydrogen (secondary N) is 1. The van der Waals surface area contributed by atoms with Crippen LogP contribution in [0, 0.1) is 5.82 Å². The van der Waals surface area contributed by atoms with Crippen LogP contribution in [0.25, 0.3) is 0 Å². The molecule has 3 N–H and O–H groups in total. The Kier molecular flexibility index (Phi) is 5.37. The van der Waals surface area contributed by atoms with Crippen molar-refractivity contribution in [3.8, 4) is 0 Å². The van der Waals surface area contributed by atoms with Crippen molar-refractivity contribution < 1.29 is 14.0 Å². The molecule has 1 rings (SSSR count). The number of hydrogen-bond donors (Lipinski definition) is 2. The van der Waals surface area contributed by atoms with Crippen LogP contribution in [0.1, 0.15) is 6.92 Å². The fraction of sp³-hybridized carbons (Fsp3) is 0.250. The summed E-state index contributed by atoms with van der Waals surface area (Å²) in [5.74, 6) is -2.10. The molecule has 0 spiro atoms. The van der Waals surface area contributed by atoms with Gasteiger partial charge in [-0.15, -0.1) is 0 Å². The number of carbonyl (C=O) groups excluding carboxylic acids is 2. The number of anilines is 1. The molecule has 0 aliphatic carbocycles. The molecule has 1 aromatic carbocycles. The second-order valence-electron chi connectivity index (χ2n) is 3.68. The number of nitrogens with zero attached hydrogens (tertiary/aromatic N) is 1. The van der Waals surface area contributed by atoms with Gasteiger partial charge in [-0.1, -0.05) is 18.3 Å². The molecule has 0 unspecified atom stereocenters. The van der Waals surface area contributed by atoms with Crippen LogP contribution in [0.3, 0.4) is 0 Å². The van der Waals surface area contributed by atoms with Crippen molar-refractivity contribution in [3.05, 3.63) is 30.1 Å². The van der Waals surface area contributed by atoms with E-state index in [1.807, 2.05) is 0 Å². The minimum atomic E-state index is -0.834. The zero-order valence-electron chi connectivity index (χ0n) is 10.4. The van der Waals surface area contributed by atoms with E-state index in [0.717, 1.165) is 4.90 Å². The fourth-order valence-corrected chi connectivity index (χ4v) is 1.53. The quantitative estimate of drug-likeness (QED) is 0.626. The fourth-order valence-electron chi connectivity index (χ4n) is 1.45. The summed E-state index contributed by atoms with van der Waals surface area (Å²) in [5.41, 5.74) is 5.54. The Morgan fingerprint density at radius 3 is 2.68 bits per heavy atom. The Balaban J connectivity index is 2.82. The molecular formula is C12H14FN3O2S. The second kappa shape index (κ2) is 6.79. The second-order valence-corrected chi connectivity index (χ2v) is 4.20. The van der Waals surface area contributed by atoms with Crippen LogP contribution in [0.5, 0.6) is 0 Å². The van der Waals surface area contributed by atoms with Crippen LogP contribution >= 0.6 is 12.2 Å². The highest BCUT2D eigenvalue weighted by atomic mass is 32.1. The Labute approximate surface area is 115 Å². The number of hydrogen-bond acceptors (Lipinski definition) is 3. The zero-order valence-corrected chi connectivity index (χ0v) is 11.2. The zero-order chi connectivity index (χ0) is 14.4. The minimum absolute atomic E-state index is 0.0549. The highest BCUT2D eigenvalue weighted by Gasteiger charge is 2.21. The standard InChI is InChI=1S/C12H14FN3O2S/c1-2-16(9-5-3-4-8(13)6-9)12(18)11(17)15-7-10(14)19/h3-6H,2,7H2,1H3,(H2,14,19)(H,15,17). The van der Waals surface area contributed by atoms with E-state index in [0.29, 0.717) is 5.69 Å². The molecule has 5 nitrogen and oxygen atoms in total. The summed E-state index contributed by atoms with van der Waals surface area (Å²) in [6, 6.07) is 5.45. The number of carbonyl (C=O) groups is 2. The summed E-state index contributed by atoms with van der Waals surface area (Å²) in [4.78, 5) is 24.7. The molecule has 2 amide bonds. The van der Waals surface area contributed by atoms with E-state index >= 15 is 0 Å². The molecule has 0 radical (unpaired) electrons. The van der Waals surface area contributed by atoms with Crippen molar-refractivity contribution in [2.45, 2.75) is 6.92 Å². The smallest absolute Gasteiger partial charge is 0.316 e. The van der Waals surface area contributed by atoms with Crippen molar-refractivity contribution in [3.63, 3.8) is 0 Å². The molecule has 0 aliphatic rings. The largest absolute Gasteiger partial charge is 0.392 e. The van der Waals surface area contributed by atoms with Crippen LogP contribution < -0.4 is 16.0 Å². The Bertz CT molecular complexity index is 508. The van der Waals surface area contributed by atoms with Crippen molar-refractivity contribution in [2.24, 2.45) is 5.73 Å². The van der Waals surface area contributed by atoms with E-state index in [-0.39, 0.29) is 18.1 Å². The topological polar surface area (TPSA) is 75.4 Å². The van der Waals surface area contributed by atoms with E-state index in [9.17, 15) is 14.0 Å². The van der Waals surface area contributed by atoms with Crippen molar-refractivity contribution >= 4 is 34.7 Å². The third-order valence-electron chi connectivity index (χ3n) is 2.30. The number of rotatable bonds is 4. The lowest BCUT2D eigenvalue weighted by atomic mass is 10.2. The Morgan fingerprint density at radius 2 is 2.16 bits per heavy atom. The molecule has 0 saturated heterocycles. The van der Waals surface area contributed by atoms with Gasteiger partial charge in [0.05, 0.1) is 11.5 Å². The van der Waals surface area contributed by atoms with Gasteiger partial charge in [0.15, 0.2) is 0 Å². The first kappa shape index (κ1) is 15.0. The third-order valence-corrected chi connectivity index (χ3v) is 2.44.